The predicted octanol–water partition coefficient (Wildman–Crippen LogP) is 3.99. The summed E-state index contributed by atoms with van der Waals surface area (Å²) >= 11 is 0. The Kier molecular flexibility index (Phi) is 7.17. The Labute approximate surface area is 211 Å². The number of nitrogens with two attached hydrogens (primary N) is 1. The molecule has 1 amide bonds. The standard InChI is InChI=1S/C26H35FN6O3/c1-16-13-18(11-12-35-16)33-23(34)14-26(5,30-24(33)28)19-7-6-8-20(17(19)2)29-21-9-10-22(32-31-21)36-15-25(3,4)27/h6-10,16,18H,11-15H2,1-5H3,(H2,28,30)(H,29,31)/t16-,18-,26+/m1/s1. The largest absolute Gasteiger partial charge is 0.473 e. The highest BCUT2D eigenvalue weighted by atomic mass is 19.1. The number of carbonyl (C=O) groups excluding carboxylic acids is 1. The molecule has 2 aliphatic rings. The monoisotopic (exact) mass is 498 g/mol. The maximum absolute atomic E-state index is 13.7. The van der Waals surface area contributed by atoms with E-state index >= 15 is 0 Å². The molecule has 2 aliphatic heterocycles. The van der Waals surface area contributed by atoms with Crippen LogP contribution in [0.5, 0.6) is 5.88 Å². The van der Waals surface area contributed by atoms with Crippen molar-refractivity contribution < 1.29 is 18.7 Å². The van der Waals surface area contributed by atoms with Gasteiger partial charge in [0.2, 0.25) is 11.8 Å². The highest BCUT2D eigenvalue weighted by Gasteiger charge is 2.42. The molecular weight excluding hydrogens is 463 g/mol. The number of guanidine groups is 1. The first-order valence-corrected chi connectivity index (χ1v) is 12.3. The summed E-state index contributed by atoms with van der Waals surface area (Å²) in [6, 6.07) is 9.16. The number of benzene rings is 1. The molecule has 3 atom stereocenters. The van der Waals surface area contributed by atoms with Crippen molar-refractivity contribution >= 4 is 23.4 Å². The molecule has 4 rings (SSSR count). The van der Waals surface area contributed by atoms with Crippen molar-refractivity contribution in [1.82, 2.24) is 15.1 Å². The van der Waals surface area contributed by atoms with E-state index in [1.807, 2.05) is 39.0 Å². The number of carbonyl (C=O) groups is 1. The first-order chi connectivity index (χ1) is 16.9. The Morgan fingerprint density at radius 2 is 2.08 bits per heavy atom. The fourth-order valence-corrected chi connectivity index (χ4v) is 4.81. The average Bonchev–Trinajstić information content (AvgIpc) is 2.79. The minimum Gasteiger partial charge on any atom is -0.473 e. The van der Waals surface area contributed by atoms with Crippen molar-refractivity contribution in [2.24, 2.45) is 10.7 Å². The van der Waals surface area contributed by atoms with Crippen LogP contribution in [-0.2, 0) is 15.1 Å². The van der Waals surface area contributed by atoms with Crippen LogP contribution in [-0.4, -0.2) is 58.0 Å². The molecule has 3 N–H and O–H groups in total. The number of nitrogens with zero attached hydrogens (tertiary/aromatic N) is 4. The van der Waals surface area contributed by atoms with Crippen molar-refractivity contribution in [2.75, 3.05) is 18.5 Å². The molecule has 0 spiro atoms. The molecule has 2 aromatic rings. The predicted molar refractivity (Wildman–Crippen MR) is 136 cm³/mol. The molecule has 1 fully saturated rings. The molecule has 0 saturated carbocycles. The molecule has 10 heteroatoms. The maximum atomic E-state index is 13.7. The van der Waals surface area contributed by atoms with E-state index in [1.165, 1.54) is 13.8 Å². The van der Waals surface area contributed by atoms with Gasteiger partial charge in [0.15, 0.2) is 11.8 Å². The van der Waals surface area contributed by atoms with Gasteiger partial charge >= 0.3 is 0 Å². The molecule has 0 unspecified atom stereocenters. The van der Waals surface area contributed by atoms with Gasteiger partial charge in [-0.3, -0.25) is 9.69 Å². The quantitative estimate of drug-likeness (QED) is 0.593. The van der Waals surface area contributed by atoms with Crippen molar-refractivity contribution in [3.63, 3.8) is 0 Å². The van der Waals surface area contributed by atoms with Gasteiger partial charge in [-0.15, -0.1) is 10.2 Å². The van der Waals surface area contributed by atoms with E-state index in [-0.39, 0.29) is 42.9 Å². The number of aliphatic imine (C=N–C) groups is 1. The summed E-state index contributed by atoms with van der Waals surface area (Å²) in [7, 11) is 0. The number of halogens is 1. The van der Waals surface area contributed by atoms with Crippen molar-refractivity contribution in [2.45, 2.75) is 77.2 Å². The summed E-state index contributed by atoms with van der Waals surface area (Å²) < 4.78 is 24.6. The van der Waals surface area contributed by atoms with Crippen LogP contribution < -0.4 is 15.8 Å². The van der Waals surface area contributed by atoms with Gasteiger partial charge in [-0.2, -0.15) is 0 Å². The third-order valence-electron chi connectivity index (χ3n) is 6.57. The molecule has 1 aromatic heterocycles. The summed E-state index contributed by atoms with van der Waals surface area (Å²) in [5.74, 6) is 0.983. The third kappa shape index (κ3) is 5.75. The van der Waals surface area contributed by atoms with Crippen LogP contribution in [0.25, 0.3) is 0 Å². The molecule has 194 valence electrons. The number of nitrogens with one attached hydrogen (secondary N) is 1. The van der Waals surface area contributed by atoms with E-state index in [2.05, 4.69) is 15.5 Å². The van der Waals surface area contributed by atoms with Gasteiger partial charge in [-0.1, -0.05) is 12.1 Å². The van der Waals surface area contributed by atoms with Gasteiger partial charge < -0.3 is 20.5 Å². The van der Waals surface area contributed by atoms with Gasteiger partial charge in [0.25, 0.3) is 0 Å². The summed E-state index contributed by atoms with van der Waals surface area (Å²) in [6.07, 6.45) is 1.80. The molecule has 0 aliphatic carbocycles. The van der Waals surface area contributed by atoms with Gasteiger partial charge in [0.1, 0.15) is 12.3 Å². The number of hydrogen-bond acceptors (Lipinski definition) is 8. The summed E-state index contributed by atoms with van der Waals surface area (Å²) in [5, 5.41) is 11.4. The zero-order valence-corrected chi connectivity index (χ0v) is 21.5. The summed E-state index contributed by atoms with van der Waals surface area (Å²) in [6.45, 7) is 9.29. The lowest BCUT2D eigenvalue weighted by atomic mass is 9.83. The van der Waals surface area contributed by atoms with Crippen LogP contribution in [0.3, 0.4) is 0 Å². The Hall–Kier alpha value is -3.27. The molecular formula is C26H35FN6O3. The van der Waals surface area contributed by atoms with Crippen LogP contribution >= 0.6 is 0 Å². The number of rotatable bonds is 7. The summed E-state index contributed by atoms with van der Waals surface area (Å²) in [5.41, 5.74) is 6.77. The van der Waals surface area contributed by atoms with Gasteiger partial charge in [0.05, 0.1) is 18.1 Å². The number of alkyl halides is 1. The fraction of sp³-hybridized carbons (Fsp3) is 0.538. The van der Waals surface area contributed by atoms with Gasteiger partial charge in [0, 0.05) is 24.4 Å². The topological polar surface area (TPSA) is 115 Å². The van der Waals surface area contributed by atoms with Crippen LogP contribution in [0, 0.1) is 6.92 Å². The minimum atomic E-state index is -1.46. The second-order valence-electron chi connectivity index (χ2n) is 10.4. The van der Waals surface area contributed by atoms with Crippen molar-refractivity contribution in [1.29, 1.82) is 0 Å². The number of anilines is 2. The molecule has 0 radical (unpaired) electrons. The Morgan fingerprint density at radius 3 is 2.72 bits per heavy atom. The van der Waals surface area contributed by atoms with E-state index in [1.54, 1.807) is 17.0 Å². The first kappa shape index (κ1) is 25.8. The fourth-order valence-electron chi connectivity index (χ4n) is 4.81. The third-order valence-corrected chi connectivity index (χ3v) is 6.57. The molecule has 9 nitrogen and oxygen atoms in total. The number of ether oxygens (including phenoxy) is 2. The normalized spacial score (nSPS) is 24.9. The van der Waals surface area contributed by atoms with E-state index in [4.69, 9.17) is 20.2 Å². The van der Waals surface area contributed by atoms with Gasteiger partial charge in [-0.25, -0.2) is 9.38 Å². The first-order valence-electron chi connectivity index (χ1n) is 12.3. The highest BCUT2D eigenvalue weighted by molar-refractivity contribution is 5.99. The Bertz CT molecular complexity index is 1130. The van der Waals surface area contributed by atoms with Crippen molar-refractivity contribution in [3.05, 3.63) is 41.5 Å². The highest BCUT2D eigenvalue weighted by Crippen LogP contribution is 2.39. The Morgan fingerprint density at radius 1 is 1.31 bits per heavy atom. The molecule has 1 aromatic carbocycles. The minimum absolute atomic E-state index is 0.00477. The lowest BCUT2D eigenvalue weighted by Gasteiger charge is -2.42. The molecule has 3 heterocycles. The van der Waals surface area contributed by atoms with E-state index in [9.17, 15) is 9.18 Å². The SMILES string of the molecule is Cc1c(Nc2ccc(OCC(C)(C)F)nn2)cccc1[C@]1(C)CC(=O)N([C@@H]2CCO[C@H](C)C2)C(N)=N1. The smallest absolute Gasteiger partial charge is 0.233 e. The number of amides is 1. The van der Waals surface area contributed by atoms with Crippen LogP contribution in [0.2, 0.25) is 0 Å². The average molecular weight is 499 g/mol. The van der Waals surface area contributed by atoms with Crippen molar-refractivity contribution in [3.8, 4) is 5.88 Å². The Balaban J connectivity index is 1.53. The van der Waals surface area contributed by atoms with Crippen LogP contribution in [0.1, 0.15) is 58.1 Å². The van der Waals surface area contributed by atoms with E-state index < -0.39 is 11.2 Å². The van der Waals surface area contributed by atoms with E-state index in [0.717, 1.165) is 29.7 Å². The van der Waals surface area contributed by atoms with Crippen LogP contribution in [0.15, 0.2) is 35.3 Å². The zero-order valence-electron chi connectivity index (χ0n) is 21.5. The second kappa shape index (κ2) is 10.0. The summed E-state index contributed by atoms with van der Waals surface area (Å²) in [4.78, 5) is 19.8. The van der Waals surface area contributed by atoms with E-state index in [0.29, 0.717) is 12.4 Å². The molecule has 1 saturated heterocycles. The van der Waals surface area contributed by atoms with Crippen LogP contribution in [0.4, 0.5) is 15.9 Å². The maximum Gasteiger partial charge on any atom is 0.233 e. The number of aromatic nitrogens is 2. The number of hydrogen-bond donors (Lipinski definition) is 2. The second-order valence-corrected chi connectivity index (χ2v) is 10.4. The van der Waals surface area contributed by atoms with Gasteiger partial charge in [-0.05, 0) is 70.7 Å². The zero-order chi connectivity index (χ0) is 26.1. The lowest BCUT2D eigenvalue weighted by Crippen LogP contribution is -2.56. The lowest BCUT2D eigenvalue weighted by molar-refractivity contribution is -0.133. The molecule has 0 bridgehead atoms. The molecule has 36 heavy (non-hydrogen) atoms.